The van der Waals surface area contributed by atoms with Gasteiger partial charge in [-0.3, -0.25) is 0 Å². The zero-order valence-corrected chi connectivity index (χ0v) is 13.2. The molecule has 1 saturated carbocycles. The van der Waals surface area contributed by atoms with Gasteiger partial charge in [-0.05, 0) is 54.9 Å². The van der Waals surface area contributed by atoms with E-state index in [0.29, 0.717) is 28.3 Å². The first-order valence-electron chi connectivity index (χ1n) is 7.44. The van der Waals surface area contributed by atoms with E-state index in [4.69, 9.17) is 16.3 Å². The van der Waals surface area contributed by atoms with Crippen molar-refractivity contribution in [3.05, 3.63) is 34.9 Å². The molecular weight excluding hydrogens is 272 g/mol. The summed E-state index contributed by atoms with van der Waals surface area (Å²) in [5, 5.41) is 0.632. The summed E-state index contributed by atoms with van der Waals surface area (Å²) in [4.78, 5) is 12.2. The van der Waals surface area contributed by atoms with Crippen LogP contribution >= 0.6 is 11.6 Å². The smallest absolute Gasteiger partial charge is 0.338 e. The van der Waals surface area contributed by atoms with Gasteiger partial charge < -0.3 is 4.74 Å². The maximum atomic E-state index is 12.2. The second kappa shape index (κ2) is 6.62. The lowest BCUT2D eigenvalue weighted by atomic mass is 9.75. The number of hydrogen-bond donors (Lipinski definition) is 0. The van der Waals surface area contributed by atoms with Crippen LogP contribution < -0.4 is 0 Å². The first kappa shape index (κ1) is 15.4. The molecule has 1 aromatic carbocycles. The molecule has 0 unspecified atom stereocenters. The van der Waals surface area contributed by atoms with Gasteiger partial charge in [-0.2, -0.15) is 0 Å². The van der Waals surface area contributed by atoms with E-state index in [1.54, 1.807) is 24.3 Å². The van der Waals surface area contributed by atoms with Gasteiger partial charge in [0.2, 0.25) is 0 Å². The van der Waals surface area contributed by atoms with Crippen molar-refractivity contribution in [3.8, 4) is 0 Å². The van der Waals surface area contributed by atoms with Crippen LogP contribution in [0.3, 0.4) is 0 Å². The molecule has 0 aromatic heterocycles. The topological polar surface area (TPSA) is 26.3 Å². The van der Waals surface area contributed by atoms with Gasteiger partial charge in [0.1, 0.15) is 6.10 Å². The van der Waals surface area contributed by atoms with Gasteiger partial charge in [0, 0.05) is 5.02 Å². The van der Waals surface area contributed by atoms with Crippen molar-refractivity contribution in [2.24, 2.45) is 17.8 Å². The third kappa shape index (κ3) is 3.76. The SMILES string of the molecule is CC(C)[C@@H]1CC[C@@H](C)C[C@H]1OC(=O)c1ccc(Cl)cc1. The summed E-state index contributed by atoms with van der Waals surface area (Å²) in [6, 6.07) is 6.89. The van der Waals surface area contributed by atoms with Gasteiger partial charge in [-0.15, -0.1) is 0 Å². The Bertz CT molecular complexity index is 453. The molecule has 1 aliphatic carbocycles. The Morgan fingerprint density at radius 1 is 1.25 bits per heavy atom. The molecule has 0 heterocycles. The Kier molecular flexibility index (Phi) is 5.09. The van der Waals surface area contributed by atoms with Gasteiger partial charge in [0.15, 0.2) is 0 Å². The molecule has 0 bridgehead atoms. The molecule has 0 radical (unpaired) electrons. The minimum Gasteiger partial charge on any atom is -0.458 e. The van der Waals surface area contributed by atoms with Crippen LogP contribution in [0.25, 0.3) is 0 Å². The zero-order valence-electron chi connectivity index (χ0n) is 12.4. The first-order chi connectivity index (χ1) is 9.47. The Labute approximate surface area is 126 Å². The average Bonchev–Trinajstić information content (AvgIpc) is 2.39. The van der Waals surface area contributed by atoms with Crippen molar-refractivity contribution in [2.45, 2.75) is 46.1 Å². The molecule has 2 nitrogen and oxygen atoms in total. The lowest BCUT2D eigenvalue weighted by molar-refractivity contribution is -0.0174. The zero-order chi connectivity index (χ0) is 14.7. The summed E-state index contributed by atoms with van der Waals surface area (Å²) < 4.78 is 5.78. The summed E-state index contributed by atoms with van der Waals surface area (Å²) in [6.45, 7) is 6.66. The number of halogens is 1. The van der Waals surface area contributed by atoms with Crippen molar-refractivity contribution in [1.29, 1.82) is 0 Å². The second-order valence-corrected chi connectivity index (χ2v) is 6.71. The van der Waals surface area contributed by atoms with Crippen LogP contribution in [0.15, 0.2) is 24.3 Å². The van der Waals surface area contributed by atoms with Crippen LogP contribution in [-0.2, 0) is 4.74 Å². The standard InChI is InChI=1S/C17H23ClO2/c1-11(2)15-9-4-12(3)10-16(15)20-17(19)13-5-7-14(18)8-6-13/h5-8,11-12,15-16H,4,9-10H2,1-3H3/t12-,15+,16-/m1/s1. The number of esters is 1. The minimum atomic E-state index is -0.230. The highest BCUT2D eigenvalue weighted by atomic mass is 35.5. The molecule has 20 heavy (non-hydrogen) atoms. The molecular formula is C17H23ClO2. The van der Waals surface area contributed by atoms with Crippen molar-refractivity contribution in [1.82, 2.24) is 0 Å². The second-order valence-electron chi connectivity index (χ2n) is 6.28. The largest absolute Gasteiger partial charge is 0.458 e. The van der Waals surface area contributed by atoms with Gasteiger partial charge >= 0.3 is 5.97 Å². The molecule has 0 aliphatic heterocycles. The maximum Gasteiger partial charge on any atom is 0.338 e. The van der Waals surface area contributed by atoms with Crippen molar-refractivity contribution in [3.63, 3.8) is 0 Å². The lowest BCUT2D eigenvalue weighted by Crippen LogP contribution is -2.35. The molecule has 3 heteroatoms. The number of benzene rings is 1. The lowest BCUT2D eigenvalue weighted by Gasteiger charge is -2.36. The minimum absolute atomic E-state index is 0.0435. The monoisotopic (exact) mass is 294 g/mol. The Morgan fingerprint density at radius 3 is 2.50 bits per heavy atom. The number of carbonyl (C=O) groups is 1. The summed E-state index contributed by atoms with van der Waals surface area (Å²) in [7, 11) is 0. The predicted molar refractivity (Wildman–Crippen MR) is 82.0 cm³/mol. The molecule has 1 fully saturated rings. The maximum absolute atomic E-state index is 12.2. The van der Waals surface area contributed by atoms with Crippen LogP contribution in [0.1, 0.15) is 50.4 Å². The highest BCUT2D eigenvalue weighted by Gasteiger charge is 2.33. The Balaban J connectivity index is 2.05. The quantitative estimate of drug-likeness (QED) is 0.737. The molecule has 0 spiro atoms. The van der Waals surface area contributed by atoms with E-state index in [1.807, 2.05) is 0 Å². The molecule has 0 N–H and O–H groups in total. The van der Waals surface area contributed by atoms with E-state index in [1.165, 1.54) is 6.42 Å². The number of carbonyl (C=O) groups excluding carboxylic acids is 1. The van der Waals surface area contributed by atoms with Gasteiger partial charge in [0.25, 0.3) is 0 Å². The summed E-state index contributed by atoms with van der Waals surface area (Å²) >= 11 is 5.84. The van der Waals surface area contributed by atoms with Crippen LogP contribution in [0, 0.1) is 17.8 Å². The molecule has 0 amide bonds. The van der Waals surface area contributed by atoms with Gasteiger partial charge in [-0.25, -0.2) is 4.79 Å². The Morgan fingerprint density at radius 2 is 1.90 bits per heavy atom. The number of hydrogen-bond acceptors (Lipinski definition) is 2. The highest BCUT2D eigenvalue weighted by Crippen LogP contribution is 2.35. The average molecular weight is 295 g/mol. The summed E-state index contributed by atoms with van der Waals surface area (Å²) in [5.41, 5.74) is 0.579. The molecule has 1 aliphatic rings. The van der Waals surface area contributed by atoms with Gasteiger partial charge in [-0.1, -0.05) is 38.8 Å². The van der Waals surface area contributed by atoms with Crippen molar-refractivity contribution in [2.75, 3.05) is 0 Å². The third-order valence-electron chi connectivity index (χ3n) is 4.30. The van der Waals surface area contributed by atoms with E-state index in [9.17, 15) is 4.79 Å². The first-order valence-corrected chi connectivity index (χ1v) is 7.81. The Hall–Kier alpha value is -1.02. The molecule has 3 atom stereocenters. The fraction of sp³-hybridized carbons (Fsp3) is 0.588. The third-order valence-corrected chi connectivity index (χ3v) is 4.55. The van der Waals surface area contributed by atoms with Crippen LogP contribution in [-0.4, -0.2) is 12.1 Å². The van der Waals surface area contributed by atoms with Crippen molar-refractivity contribution < 1.29 is 9.53 Å². The van der Waals surface area contributed by atoms with Crippen LogP contribution in [0.2, 0.25) is 5.02 Å². The van der Waals surface area contributed by atoms with Crippen LogP contribution in [0.5, 0.6) is 0 Å². The van der Waals surface area contributed by atoms with E-state index >= 15 is 0 Å². The fourth-order valence-corrected chi connectivity index (χ4v) is 3.17. The van der Waals surface area contributed by atoms with E-state index < -0.39 is 0 Å². The van der Waals surface area contributed by atoms with E-state index in [2.05, 4.69) is 20.8 Å². The molecule has 1 aromatic rings. The summed E-state index contributed by atoms with van der Waals surface area (Å²) in [6.07, 6.45) is 3.40. The molecule has 0 saturated heterocycles. The number of rotatable bonds is 3. The van der Waals surface area contributed by atoms with E-state index in [-0.39, 0.29) is 12.1 Å². The van der Waals surface area contributed by atoms with Crippen LogP contribution in [0.4, 0.5) is 0 Å². The molecule has 2 rings (SSSR count). The molecule has 110 valence electrons. The highest BCUT2D eigenvalue weighted by molar-refractivity contribution is 6.30. The van der Waals surface area contributed by atoms with Gasteiger partial charge in [0.05, 0.1) is 5.56 Å². The predicted octanol–water partition coefficient (Wildman–Crippen LogP) is 4.96. The van der Waals surface area contributed by atoms with Crippen molar-refractivity contribution >= 4 is 17.6 Å². The summed E-state index contributed by atoms with van der Waals surface area (Å²) in [5.74, 6) is 1.42. The number of ether oxygens (including phenoxy) is 1. The van der Waals surface area contributed by atoms with E-state index in [0.717, 1.165) is 12.8 Å². The normalized spacial score (nSPS) is 26.6. The fourth-order valence-electron chi connectivity index (χ4n) is 3.04.